The van der Waals surface area contributed by atoms with Crippen LogP contribution in [0.5, 0.6) is 0 Å². The highest BCUT2D eigenvalue weighted by Crippen LogP contribution is 2.41. The van der Waals surface area contributed by atoms with Gasteiger partial charge in [-0.05, 0) is 37.6 Å². The molecule has 0 saturated heterocycles. The number of hydrogen-bond donors (Lipinski definition) is 1. The molecule has 2 atom stereocenters. The van der Waals surface area contributed by atoms with E-state index >= 15 is 0 Å². The topological polar surface area (TPSA) is 29.9 Å². The molecule has 0 fully saturated rings. The average Bonchev–Trinajstić information content (AvgIpc) is 2.89. The molecule has 1 aromatic carbocycles. The third-order valence-corrected chi connectivity index (χ3v) is 5.09. The standard InChI is InChI=1S/C15H19N3S/c1-10-8-14(18(3)17-10)19-13-9-11-6-4-5-7-12(11)15(13)16-2/h4-8,13,15-16H,9H2,1-3H3. The highest BCUT2D eigenvalue weighted by Gasteiger charge is 2.32. The smallest absolute Gasteiger partial charge is 0.0942 e. The van der Waals surface area contributed by atoms with Crippen LogP contribution in [-0.2, 0) is 13.5 Å². The summed E-state index contributed by atoms with van der Waals surface area (Å²) in [7, 11) is 4.07. The first-order chi connectivity index (χ1) is 9.19. The van der Waals surface area contributed by atoms with Gasteiger partial charge < -0.3 is 5.32 Å². The monoisotopic (exact) mass is 273 g/mol. The molecule has 0 saturated carbocycles. The molecule has 0 bridgehead atoms. The molecule has 0 aliphatic heterocycles. The van der Waals surface area contributed by atoms with Gasteiger partial charge in [0, 0.05) is 18.3 Å². The first kappa shape index (κ1) is 12.8. The summed E-state index contributed by atoms with van der Waals surface area (Å²) in [5, 5.41) is 9.68. The Kier molecular flexibility index (Phi) is 3.37. The molecular weight excluding hydrogens is 254 g/mol. The van der Waals surface area contributed by atoms with Gasteiger partial charge in [0.2, 0.25) is 0 Å². The average molecular weight is 273 g/mol. The second-order valence-electron chi connectivity index (χ2n) is 5.07. The van der Waals surface area contributed by atoms with Crippen LogP contribution in [0.2, 0.25) is 0 Å². The van der Waals surface area contributed by atoms with E-state index in [0.717, 1.165) is 12.1 Å². The maximum atomic E-state index is 4.43. The molecule has 4 heteroatoms. The van der Waals surface area contributed by atoms with Crippen LogP contribution in [0.1, 0.15) is 22.9 Å². The maximum Gasteiger partial charge on any atom is 0.0942 e. The summed E-state index contributed by atoms with van der Waals surface area (Å²) in [5.41, 5.74) is 4.00. The van der Waals surface area contributed by atoms with E-state index in [1.807, 2.05) is 30.4 Å². The van der Waals surface area contributed by atoms with Crippen molar-refractivity contribution in [2.45, 2.75) is 29.7 Å². The molecule has 100 valence electrons. The van der Waals surface area contributed by atoms with Crippen molar-refractivity contribution < 1.29 is 0 Å². The molecule has 2 aromatic rings. The fourth-order valence-electron chi connectivity index (χ4n) is 2.86. The molecule has 1 aliphatic rings. The van der Waals surface area contributed by atoms with Gasteiger partial charge in [-0.1, -0.05) is 24.3 Å². The first-order valence-corrected chi connectivity index (χ1v) is 7.49. The van der Waals surface area contributed by atoms with E-state index in [2.05, 4.69) is 47.8 Å². The van der Waals surface area contributed by atoms with E-state index in [0.29, 0.717) is 11.3 Å². The van der Waals surface area contributed by atoms with Crippen molar-refractivity contribution in [2.75, 3.05) is 7.05 Å². The predicted molar refractivity (Wildman–Crippen MR) is 79.5 cm³/mol. The summed E-state index contributed by atoms with van der Waals surface area (Å²) in [5.74, 6) is 0. The van der Waals surface area contributed by atoms with Gasteiger partial charge in [0.15, 0.2) is 0 Å². The van der Waals surface area contributed by atoms with Crippen LogP contribution in [0.4, 0.5) is 0 Å². The zero-order chi connectivity index (χ0) is 13.4. The molecule has 1 heterocycles. The largest absolute Gasteiger partial charge is 0.312 e. The van der Waals surface area contributed by atoms with Gasteiger partial charge in [-0.15, -0.1) is 11.8 Å². The summed E-state index contributed by atoms with van der Waals surface area (Å²) in [6, 6.07) is 11.3. The zero-order valence-electron chi connectivity index (χ0n) is 11.6. The number of nitrogens with one attached hydrogen (secondary N) is 1. The molecule has 0 radical (unpaired) electrons. The van der Waals surface area contributed by atoms with E-state index < -0.39 is 0 Å². The number of nitrogens with zero attached hydrogens (tertiary/aromatic N) is 2. The van der Waals surface area contributed by atoms with Crippen molar-refractivity contribution in [1.29, 1.82) is 0 Å². The van der Waals surface area contributed by atoms with Crippen molar-refractivity contribution >= 4 is 11.8 Å². The third-order valence-electron chi connectivity index (χ3n) is 3.73. The van der Waals surface area contributed by atoms with Gasteiger partial charge in [-0.2, -0.15) is 5.10 Å². The van der Waals surface area contributed by atoms with Crippen LogP contribution >= 0.6 is 11.8 Å². The van der Waals surface area contributed by atoms with Crippen molar-refractivity contribution in [3.05, 3.63) is 47.2 Å². The molecule has 1 aromatic heterocycles. The van der Waals surface area contributed by atoms with Crippen molar-refractivity contribution in [2.24, 2.45) is 7.05 Å². The lowest BCUT2D eigenvalue weighted by atomic mass is 10.1. The van der Waals surface area contributed by atoms with Gasteiger partial charge in [0.05, 0.1) is 10.7 Å². The quantitative estimate of drug-likeness (QED) is 0.932. The second-order valence-corrected chi connectivity index (χ2v) is 6.33. The molecule has 0 spiro atoms. The van der Waals surface area contributed by atoms with Gasteiger partial charge in [-0.3, -0.25) is 4.68 Å². The molecular formula is C15H19N3S. The lowest BCUT2D eigenvalue weighted by molar-refractivity contribution is 0.600. The Balaban J connectivity index is 1.85. The molecule has 1 N–H and O–H groups in total. The number of thioether (sulfide) groups is 1. The normalized spacial score (nSPS) is 21.6. The Hall–Kier alpha value is -1.26. The predicted octanol–water partition coefficient (Wildman–Crippen LogP) is 2.71. The molecule has 3 rings (SSSR count). The van der Waals surface area contributed by atoms with Crippen LogP contribution < -0.4 is 5.32 Å². The minimum atomic E-state index is 0.427. The van der Waals surface area contributed by atoms with Crippen LogP contribution in [0.15, 0.2) is 35.4 Å². The van der Waals surface area contributed by atoms with Crippen LogP contribution in [0.25, 0.3) is 0 Å². The van der Waals surface area contributed by atoms with Gasteiger partial charge >= 0.3 is 0 Å². The Morgan fingerprint density at radius 1 is 1.37 bits per heavy atom. The molecule has 0 amide bonds. The van der Waals surface area contributed by atoms with Gasteiger partial charge in [0.25, 0.3) is 0 Å². The maximum absolute atomic E-state index is 4.43. The summed E-state index contributed by atoms with van der Waals surface area (Å²) in [6.07, 6.45) is 1.12. The number of benzene rings is 1. The van der Waals surface area contributed by atoms with E-state index in [-0.39, 0.29) is 0 Å². The Labute approximate surface area is 118 Å². The van der Waals surface area contributed by atoms with E-state index in [1.54, 1.807) is 0 Å². The first-order valence-electron chi connectivity index (χ1n) is 6.61. The van der Waals surface area contributed by atoms with Gasteiger partial charge in [-0.25, -0.2) is 0 Å². The molecule has 3 nitrogen and oxygen atoms in total. The van der Waals surface area contributed by atoms with Crippen molar-refractivity contribution in [1.82, 2.24) is 15.1 Å². The number of rotatable bonds is 3. The third kappa shape index (κ3) is 2.30. The second kappa shape index (κ2) is 5.02. The summed E-state index contributed by atoms with van der Waals surface area (Å²) >= 11 is 1.93. The minimum Gasteiger partial charge on any atom is -0.312 e. The van der Waals surface area contributed by atoms with Crippen molar-refractivity contribution in [3.8, 4) is 0 Å². The highest BCUT2D eigenvalue weighted by atomic mass is 32.2. The Morgan fingerprint density at radius 3 is 2.84 bits per heavy atom. The highest BCUT2D eigenvalue weighted by molar-refractivity contribution is 7.99. The fraction of sp³-hybridized carbons (Fsp3) is 0.400. The van der Waals surface area contributed by atoms with E-state index in [4.69, 9.17) is 0 Å². The van der Waals surface area contributed by atoms with Crippen molar-refractivity contribution in [3.63, 3.8) is 0 Å². The molecule has 2 unspecified atom stereocenters. The Bertz CT molecular complexity index is 591. The van der Waals surface area contributed by atoms with E-state index in [1.165, 1.54) is 16.2 Å². The number of fused-ring (bicyclic) bond motifs is 1. The Morgan fingerprint density at radius 2 is 2.16 bits per heavy atom. The van der Waals surface area contributed by atoms with Crippen LogP contribution in [0, 0.1) is 6.92 Å². The van der Waals surface area contributed by atoms with Gasteiger partial charge in [0.1, 0.15) is 0 Å². The van der Waals surface area contributed by atoms with Crippen LogP contribution in [0.3, 0.4) is 0 Å². The lowest BCUT2D eigenvalue weighted by Gasteiger charge is -2.19. The minimum absolute atomic E-state index is 0.427. The molecule has 1 aliphatic carbocycles. The zero-order valence-corrected chi connectivity index (χ0v) is 12.4. The summed E-state index contributed by atoms with van der Waals surface area (Å²) < 4.78 is 1.98. The number of aromatic nitrogens is 2. The van der Waals surface area contributed by atoms with Crippen LogP contribution in [-0.4, -0.2) is 22.1 Å². The molecule has 19 heavy (non-hydrogen) atoms. The fourth-order valence-corrected chi connectivity index (χ4v) is 4.29. The summed E-state index contributed by atoms with van der Waals surface area (Å²) in [6.45, 7) is 2.04. The summed E-state index contributed by atoms with van der Waals surface area (Å²) in [4.78, 5) is 0. The number of aryl methyl sites for hydroxylation is 2. The number of hydrogen-bond acceptors (Lipinski definition) is 3. The SMILES string of the molecule is CNC1c2ccccc2CC1Sc1cc(C)nn1C. The van der Waals surface area contributed by atoms with E-state index in [9.17, 15) is 0 Å². The lowest BCUT2D eigenvalue weighted by Crippen LogP contribution is -2.23.